The van der Waals surface area contributed by atoms with Crippen molar-refractivity contribution in [3.8, 4) is 11.3 Å². The van der Waals surface area contributed by atoms with Crippen molar-refractivity contribution in [1.29, 1.82) is 0 Å². The molecule has 11 heteroatoms. The molecular weight excluding hydrogens is 524 g/mol. The molecule has 1 aliphatic heterocycles. The van der Waals surface area contributed by atoms with Crippen LogP contribution in [0.4, 0.5) is 11.4 Å². The number of nitrogens with zero attached hydrogens (tertiary/aromatic N) is 4. The summed E-state index contributed by atoms with van der Waals surface area (Å²) < 4.78 is 6.39. The summed E-state index contributed by atoms with van der Waals surface area (Å²) in [6.45, 7) is 3.18. The number of benzene rings is 2. The molecule has 34 heavy (non-hydrogen) atoms. The highest BCUT2D eigenvalue weighted by Gasteiger charge is 2.19. The maximum atomic E-state index is 11.7. The summed E-state index contributed by atoms with van der Waals surface area (Å²) in [5.41, 5.74) is 2.85. The lowest BCUT2D eigenvalue weighted by Crippen LogP contribution is -2.36. The van der Waals surface area contributed by atoms with Gasteiger partial charge in [-0.1, -0.05) is 24.3 Å². The van der Waals surface area contributed by atoms with Crippen molar-refractivity contribution in [2.24, 2.45) is 4.99 Å². The van der Waals surface area contributed by atoms with Crippen molar-refractivity contribution >= 4 is 50.3 Å². The molecule has 2 heterocycles. The number of rotatable bonds is 8. The van der Waals surface area contributed by atoms with E-state index in [4.69, 9.17) is 4.74 Å². The highest BCUT2D eigenvalue weighted by atomic mass is 79.9. The lowest BCUT2D eigenvalue weighted by atomic mass is 10.1. The molecule has 0 saturated carbocycles. The van der Waals surface area contributed by atoms with Crippen LogP contribution in [0, 0.1) is 10.1 Å². The molecule has 0 atom stereocenters. The summed E-state index contributed by atoms with van der Waals surface area (Å²) in [6, 6.07) is 12.1. The van der Waals surface area contributed by atoms with Crippen LogP contribution in [-0.2, 0) is 22.5 Å². The number of hydrogen-bond acceptors (Lipinski definition) is 8. The Hall–Kier alpha value is -3.15. The summed E-state index contributed by atoms with van der Waals surface area (Å²) in [4.78, 5) is 33.5. The zero-order valence-electron chi connectivity index (χ0n) is 18.0. The SMILES string of the molecule is O=C(O)C(Cc1ccccc1[N+](=O)[O-])=NCc1nc(-c2ccc(N3CCOCC3)c(Br)c2)cs1. The quantitative estimate of drug-likeness (QED) is 0.250. The first-order valence-corrected chi connectivity index (χ1v) is 12.2. The number of aromatic nitrogens is 1. The van der Waals surface area contributed by atoms with Gasteiger partial charge in [-0.2, -0.15) is 0 Å². The lowest BCUT2D eigenvalue weighted by Gasteiger charge is -2.29. The van der Waals surface area contributed by atoms with Crippen LogP contribution < -0.4 is 4.90 Å². The van der Waals surface area contributed by atoms with Gasteiger partial charge in [0.15, 0.2) is 0 Å². The van der Waals surface area contributed by atoms with Crippen molar-refractivity contribution < 1.29 is 19.6 Å². The first-order chi connectivity index (χ1) is 16.4. The Bertz CT molecular complexity index is 1240. The minimum absolute atomic E-state index is 0.0833. The van der Waals surface area contributed by atoms with Crippen LogP contribution in [0.25, 0.3) is 11.3 Å². The molecule has 9 nitrogen and oxygen atoms in total. The molecule has 0 spiro atoms. The van der Waals surface area contributed by atoms with Gasteiger partial charge in [0.25, 0.3) is 5.69 Å². The summed E-state index contributed by atoms with van der Waals surface area (Å²) in [5.74, 6) is -1.21. The van der Waals surface area contributed by atoms with Gasteiger partial charge in [0, 0.05) is 46.6 Å². The smallest absolute Gasteiger partial charge is 0.350 e. The summed E-state index contributed by atoms with van der Waals surface area (Å²) in [6.07, 6.45) is -0.138. The van der Waals surface area contributed by atoms with E-state index in [0.29, 0.717) is 23.8 Å². The van der Waals surface area contributed by atoms with Crippen LogP contribution in [0.3, 0.4) is 0 Å². The standard InChI is InChI=1S/C23H21BrN4O5S/c24-17-11-15(5-6-21(17)27-7-9-33-10-8-27)19-14-34-22(26-19)13-25-18(23(29)30)12-16-3-1-2-4-20(16)28(31)32/h1-6,11,14H,7-10,12-13H2,(H,29,30). The van der Waals surface area contributed by atoms with Crippen LogP contribution in [0.1, 0.15) is 10.6 Å². The van der Waals surface area contributed by atoms with Crippen molar-refractivity contribution in [2.75, 3.05) is 31.2 Å². The van der Waals surface area contributed by atoms with Crippen molar-refractivity contribution in [3.05, 3.63) is 73.0 Å². The van der Waals surface area contributed by atoms with Crippen molar-refractivity contribution in [3.63, 3.8) is 0 Å². The molecule has 0 aliphatic carbocycles. The Labute approximate surface area is 208 Å². The molecule has 0 bridgehead atoms. The number of anilines is 1. The van der Waals surface area contributed by atoms with E-state index in [0.717, 1.165) is 34.5 Å². The van der Waals surface area contributed by atoms with Gasteiger partial charge in [-0.3, -0.25) is 15.1 Å². The molecular formula is C23H21BrN4O5S. The normalized spacial score (nSPS) is 14.3. The zero-order valence-corrected chi connectivity index (χ0v) is 20.4. The fraction of sp³-hybridized carbons (Fsp3) is 0.261. The highest BCUT2D eigenvalue weighted by Crippen LogP contribution is 2.32. The molecule has 3 aromatic rings. The van der Waals surface area contributed by atoms with E-state index in [1.54, 1.807) is 12.1 Å². The third-order valence-electron chi connectivity index (χ3n) is 5.35. The Morgan fingerprint density at radius 2 is 2.03 bits per heavy atom. The predicted octanol–water partition coefficient (Wildman–Crippen LogP) is 4.59. The van der Waals surface area contributed by atoms with Gasteiger partial charge < -0.3 is 14.7 Å². The number of ether oxygens (including phenoxy) is 1. The lowest BCUT2D eigenvalue weighted by molar-refractivity contribution is -0.385. The van der Waals surface area contributed by atoms with E-state index < -0.39 is 10.9 Å². The summed E-state index contributed by atoms with van der Waals surface area (Å²) in [7, 11) is 0. The number of carboxylic acids is 1. The molecule has 1 aliphatic rings. The van der Waals surface area contributed by atoms with E-state index in [1.165, 1.54) is 23.5 Å². The highest BCUT2D eigenvalue weighted by molar-refractivity contribution is 9.10. The summed E-state index contributed by atoms with van der Waals surface area (Å²) >= 11 is 5.05. The topological polar surface area (TPSA) is 118 Å². The number of nitro groups is 1. The average Bonchev–Trinajstić information content (AvgIpc) is 3.31. The second-order valence-electron chi connectivity index (χ2n) is 7.52. The van der Waals surface area contributed by atoms with Crippen LogP contribution in [0.2, 0.25) is 0 Å². The first kappa shape index (κ1) is 24.0. The minimum atomic E-state index is -1.21. The van der Waals surface area contributed by atoms with Gasteiger partial charge in [-0.25, -0.2) is 9.78 Å². The number of para-hydroxylation sites is 1. The Morgan fingerprint density at radius 3 is 2.74 bits per heavy atom. The summed E-state index contributed by atoms with van der Waals surface area (Å²) in [5, 5.41) is 23.3. The monoisotopic (exact) mass is 544 g/mol. The molecule has 176 valence electrons. The predicted molar refractivity (Wildman–Crippen MR) is 134 cm³/mol. The molecule has 4 rings (SSSR count). The Morgan fingerprint density at radius 1 is 1.26 bits per heavy atom. The minimum Gasteiger partial charge on any atom is -0.477 e. The van der Waals surface area contributed by atoms with Crippen LogP contribution >= 0.6 is 27.3 Å². The second kappa shape index (κ2) is 10.9. The maximum Gasteiger partial charge on any atom is 0.350 e. The fourth-order valence-corrected chi connectivity index (χ4v) is 4.98. The van der Waals surface area contributed by atoms with Gasteiger partial charge >= 0.3 is 5.97 Å². The number of halogens is 1. The molecule has 0 radical (unpaired) electrons. The first-order valence-electron chi connectivity index (χ1n) is 10.5. The largest absolute Gasteiger partial charge is 0.477 e. The molecule has 1 N–H and O–H groups in total. The van der Waals surface area contributed by atoms with E-state index in [-0.39, 0.29) is 24.4 Å². The number of aliphatic imine (C=N–C) groups is 1. The van der Waals surface area contributed by atoms with E-state index in [1.807, 2.05) is 17.5 Å². The van der Waals surface area contributed by atoms with Gasteiger partial charge in [-0.05, 0) is 28.1 Å². The molecule has 1 fully saturated rings. The van der Waals surface area contributed by atoms with E-state index >= 15 is 0 Å². The maximum absolute atomic E-state index is 11.7. The Balaban J connectivity index is 1.49. The number of carbonyl (C=O) groups is 1. The Kier molecular flexibility index (Phi) is 7.66. The number of nitro benzene ring substituents is 1. The van der Waals surface area contributed by atoms with Gasteiger partial charge in [0.1, 0.15) is 10.7 Å². The zero-order chi connectivity index (χ0) is 24.1. The third kappa shape index (κ3) is 5.66. The fourth-order valence-electron chi connectivity index (χ4n) is 3.62. The molecule has 1 saturated heterocycles. The third-order valence-corrected chi connectivity index (χ3v) is 6.81. The number of carboxylic acid groups (broad SMARTS) is 1. The molecule has 0 unspecified atom stereocenters. The number of morpholine rings is 1. The van der Waals surface area contributed by atoms with Gasteiger partial charge in [-0.15, -0.1) is 11.3 Å². The van der Waals surface area contributed by atoms with Crippen molar-refractivity contribution in [2.45, 2.75) is 13.0 Å². The van der Waals surface area contributed by atoms with Crippen LogP contribution in [-0.4, -0.2) is 53.0 Å². The second-order valence-corrected chi connectivity index (χ2v) is 9.32. The van der Waals surface area contributed by atoms with E-state index in [2.05, 4.69) is 36.9 Å². The molecule has 1 aromatic heterocycles. The average molecular weight is 545 g/mol. The van der Waals surface area contributed by atoms with Crippen LogP contribution in [0.5, 0.6) is 0 Å². The van der Waals surface area contributed by atoms with Gasteiger partial charge in [0.05, 0.1) is 36.1 Å². The number of thiazole rings is 1. The van der Waals surface area contributed by atoms with Crippen molar-refractivity contribution in [1.82, 2.24) is 4.98 Å². The van der Waals surface area contributed by atoms with Crippen LogP contribution in [0.15, 0.2) is 57.3 Å². The van der Waals surface area contributed by atoms with Gasteiger partial charge in [0.2, 0.25) is 0 Å². The number of hydrogen-bond donors (Lipinski definition) is 1. The van der Waals surface area contributed by atoms with E-state index in [9.17, 15) is 20.0 Å². The molecule has 2 aromatic carbocycles. The molecule has 0 amide bonds. The number of aliphatic carboxylic acids is 1.